The number of nitrogens with two attached hydrogens (primary N) is 1. The number of carbonyl (C=O) groups is 1. The van der Waals surface area contributed by atoms with Crippen LogP contribution in [0.3, 0.4) is 0 Å². The molecular formula is C27H26N4O3. The maximum atomic E-state index is 13.6. The summed E-state index contributed by atoms with van der Waals surface area (Å²) in [6.07, 6.45) is 1.60. The molecule has 3 heterocycles. The van der Waals surface area contributed by atoms with Gasteiger partial charge >= 0.3 is 0 Å². The lowest BCUT2D eigenvalue weighted by molar-refractivity contribution is 0.103. The molecule has 1 aliphatic heterocycles. The minimum absolute atomic E-state index is 0.180. The van der Waals surface area contributed by atoms with Gasteiger partial charge in [0, 0.05) is 30.2 Å². The number of pyridine rings is 2. The smallest absolute Gasteiger partial charge is 0.215 e. The molecule has 0 atom stereocenters. The molecule has 7 nitrogen and oxygen atoms in total. The van der Waals surface area contributed by atoms with Crippen LogP contribution in [-0.2, 0) is 4.74 Å². The average molecular weight is 455 g/mol. The lowest BCUT2D eigenvalue weighted by Gasteiger charge is -2.29. The molecule has 5 rings (SSSR count). The van der Waals surface area contributed by atoms with Gasteiger partial charge in [0.2, 0.25) is 5.78 Å². The van der Waals surface area contributed by atoms with E-state index < -0.39 is 0 Å². The van der Waals surface area contributed by atoms with Gasteiger partial charge in [0.1, 0.15) is 11.6 Å². The molecule has 2 aromatic heterocycles. The van der Waals surface area contributed by atoms with Crippen molar-refractivity contribution in [3.8, 4) is 16.9 Å². The van der Waals surface area contributed by atoms with E-state index >= 15 is 0 Å². The number of nitrogens with zero attached hydrogens (tertiary/aromatic N) is 3. The zero-order valence-electron chi connectivity index (χ0n) is 19.2. The van der Waals surface area contributed by atoms with Crippen LogP contribution >= 0.6 is 0 Å². The Morgan fingerprint density at radius 3 is 2.71 bits per heavy atom. The molecule has 172 valence electrons. The molecule has 0 radical (unpaired) electrons. The van der Waals surface area contributed by atoms with Gasteiger partial charge in [0.25, 0.3) is 0 Å². The standard InChI is InChI=1S/C27H26N4O3/c1-17-5-3-6-20(26(32)25-23(33-2)7-4-10-29-25)24(17)18-8-9-21-19(15-18)16-22(27(28)30-21)31-11-13-34-14-12-31/h3-10,15-16H,11-14H2,1-2H3,(H2,28,30). The molecule has 0 unspecified atom stereocenters. The first-order valence-corrected chi connectivity index (χ1v) is 11.2. The van der Waals surface area contributed by atoms with E-state index in [0.717, 1.165) is 46.4 Å². The number of ketones is 1. The number of fused-ring (bicyclic) bond motifs is 1. The number of morpholine rings is 1. The summed E-state index contributed by atoms with van der Waals surface area (Å²) in [5.41, 5.74) is 11.7. The molecule has 1 aliphatic rings. The fourth-order valence-electron chi connectivity index (χ4n) is 4.49. The molecular weight excluding hydrogens is 428 g/mol. The summed E-state index contributed by atoms with van der Waals surface area (Å²) in [5, 5.41) is 0.963. The Morgan fingerprint density at radius 1 is 1.09 bits per heavy atom. The molecule has 0 bridgehead atoms. The highest BCUT2D eigenvalue weighted by Gasteiger charge is 2.21. The molecule has 0 spiro atoms. The largest absolute Gasteiger partial charge is 0.494 e. The van der Waals surface area contributed by atoms with Crippen molar-refractivity contribution in [2.45, 2.75) is 6.92 Å². The Bertz CT molecular complexity index is 1380. The summed E-state index contributed by atoms with van der Waals surface area (Å²) < 4.78 is 10.9. The van der Waals surface area contributed by atoms with Crippen molar-refractivity contribution in [3.05, 3.63) is 77.6 Å². The molecule has 34 heavy (non-hydrogen) atoms. The van der Waals surface area contributed by atoms with Crippen molar-refractivity contribution in [1.29, 1.82) is 0 Å². The van der Waals surface area contributed by atoms with E-state index in [4.69, 9.17) is 15.2 Å². The summed E-state index contributed by atoms with van der Waals surface area (Å²) in [6.45, 7) is 4.90. The van der Waals surface area contributed by atoms with Crippen LogP contribution in [0.1, 0.15) is 21.6 Å². The van der Waals surface area contributed by atoms with Crippen LogP contribution < -0.4 is 15.4 Å². The Labute approximate surface area is 198 Å². The number of rotatable bonds is 5. The molecule has 0 amide bonds. The van der Waals surface area contributed by atoms with E-state index in [-0.39, 0.29) is 5.78 Å². The van der Waals surface area contributed by atoms with Crippen LogP contribution in [0.5, 0.6) is 5.75 Å². The zero-order chi connectivity index (χ0) is 23.7. The molecule has 1 fully saturated rings. The van der Waals surface area contributed by atoms with E-state index in [1.807, 2.05) is 37.3 Å². The average Bonchev–Trinajstić information content (AvgIpc) is 2.88. The van der Waals surface area contributed by atoms with Crippen LogP contribution in [0.2, 0.25) is 0 Å². The minimum atomic E-state index is -0.180. The van der Waals surface area contributed by atoms with Crippen molar-refractivity contribution in [2.75, 3.05) is 44.0 Å². The van der Waals surface area contributed by atoms with E-state index in [1.54, 1.807) is 25.4 Å². The number of carbonyl (C=O) groups excluding carboxylic acids is 1. The van der Waals surface area contributed by atoms with Gasteiger partial charge in [0.15, 0.2) is 5.69 Å². The first kappa shape index (κ1) is 21.9. The second-order valence-corrected chi connectivity index (χ2v) is 8.28. The van der Waals surface area contributed by atoms with Crippen LogP contribution in [0.4, 0.5) is 11.5 Å². The van der Waals surface area contributed by atoms with Crippen molar-refractivity contribution >= 4 is 28.2 Å². The van der Waals surface area contributed by atoms with Gasteiger partial charge in [-0.3, -0.25) is 4.79 Å². The SMILES string of the molecule is COc1cccnc1C(=O)c1cccc(C)c1-c1ccc2nc(N)c(N3CCOCC3)cc2c1. The lowest BCUT2D eigenvalue weighted by Crippen LogP contribution is -2.36. The van der Waals surface area contributed by atoms with Crippen LogP contribution in [0, 0.1) is 6.92 Å². The third-order valence-electron chi connectivity index (χ3n) is 6.19. The minimum Gasteiger partial charge on any atom is -0.494 e. The monoisotopic (exact) mass is 454 g/mol. The molecule has 0 saturated carbocycles. The van der Waals surface area contributed by atoms with Crippen molar-refractivity contribution < 1.29 is 14.3 Å². The molecule has 2 aromatic carbocycles. The molecule has 7 heteroatoms. The van der Waals surface area contributed by atoms with Gasteiger partial charge in [-0.05, 0) is 53.9 Å². The Morgan fingerprint density at radius 2 is 1.91 bits per heavy atom. The summed E-state index contributed by atoms with van der Waals surface area (Å²) in [5.74, 6) is 0.783. The molecule has 0 aliphatic carbocycles. The number of nitrogen functional groups attached to an aromatic ring is 1. The van der Waals surface area contributed by atoms with E-state index in [1.165, 1.54) is 0 Å². The van der Waals surface area contributed by atoms with Crippen molar-refractivity contribution in [3.63, 3.8) is 0 Å². The highest BCUT2D eigenvalue weighted by Crippen LogP contribution is 2.34. The number of aryl methyl sites for hydroxylation is 1. The van der Waals surface area contributed by atoms with Gasteiger partial charge in [0.05, 0.1) is 31.5 Å². The summed E-state index contributed by atoms with van der Waals surface area (Å²) >= 11 is 0. The quantitative estimate of drug-likeness (QED) is 0.451. The predicted octanol–water partition coefficient (Wildman–Crippen LogP) is 4.26. The van der Waals surface area contributed by atoms with E-state index in [9.17, 15) is 4.79 Å². The van der Waals surface area contributed by atoms with Crippen molar-refractivity contribution in [1.82, 2.24) is 9.97 Å². The Hall–Kier alpha value is -3.97. The topological polar surface area (TPSA) is 90.6 Å². The number of anilines is 2. The first-order chi connectivity index (χ1) is 16.6. The number of aromatic nitrogens is 2. The lowest BCUT2D eigenvalue weighted by atomic mass is 9.91. The Balaban J connectivity index is 1.62. The van der Waals surface area contributed by atoms with Gasteiger partial charge in [-0.15, -0.1) is 0 Å². The van der Waals surface area contributed by atoms with Crippen molar-refractivity contribution in [2.24, 2.45) is 0 Å². The van der Waals surface area contributed by atoms with Gasteiger partial charge in [-0.1, -0.05) is 24.3 Å². The number of ether oxygens (including phenoxy) is 2. The fourth-order valence-corrected chi connectivity index (χ4v) is 4.49. The molecule has 4 aromatic rings. The maximum Gasteiger partial charge on any atom is 0.215 e. The highest BCUT2D eigenvalue weighted by molar-refractivity contribution is 6.13. The second-order valence-electron chi connectivity index (χ2n) is 8.28. The third-order valence-corrected chi connectivity index (χ3v) is 6.19. The van der Waals surface area contributed by atoms with Crippen LogP contribution in [0.25, 0.3) is 22.0 Å². The number of hydrogen-bond donors (Lipinski definition) is 1. The second kappa shape index (κ2) is 9.11. The normalized spacial score (nSPS) is 13.8. The molecule has 1 saturated heterocycles. The summed E-state index contributed by atoms with van der Waals surface area (Å²) in [6, 6.07) is 17.3. The van der Waals surface area contributed by atoms with E-state index in [2.05, 4.69) is 27.0 Å². The number of methoxy groups -OCH3 is 1. The van der Waals surface area contributed by atoms with Gasteiger partial charge in [-0.25, -0.2) is 9.97 Å². The highest BCUT2D eigenvalue weighted by atomic mass is 16.5. The predicted molar refractivity (Wildman–Crippen MR) is 134 cm³/mol. The zero-order valence-corrected chi connectivity index (χ0v) is 19.2. The van der Waals surface area contributed by atoms with Gasteiger partial charge < -0.3 is 20.1 Å². The maximum absolute atomic E-state index is 13.6. The molecule has 2 N–H and O–H groups in total. The number of hydrogen-bond acceptors (Lipinski definition) is 7. The van der Waals surface area contributed by atoms with Gasteiger partial charge in [-0.2, -0.15) is 0 Å². The number of benzene rings is 2. The Kier molecular flexibility index (Phi) is 5.86. The summed E-state index contributed by atoms with van der Waals surface area (Å²) in [4.78, 5) is 24.7. The van der Waals surface area contributed by atoms with E-state index in [0.29, 0.717) is 36.0 Å². The fraction of sp³-hybridized carbons (Fsp3) is 0.222. The summed E-state index contributed by atoms with van der Waals surface area (Å²) in [7, 11) is 1.54. The first-order valence-electron chi connectivity index (χ1n) is 11.2. The van der Waals surface area contributed by atoms with Crippen LogP contribution in [0.15, 0.2) is 60.8 Å². The third kappa shape index (κ3) is 3.95. The van der Waals surface area contributed by atoms with Crippen LogP contribution in [-0.4, -0.2) is 49.2 Å².